The minimum Gasteiger partial charge on any atom is -0.369 e. The molecule has 1 aromatic heterocycles. The van der Waals surface area contributed by atoms with E-state index in [9.17, 15) is 9.59 Å². The monoisotopic (exact) mass is 235 g/mol. The van der Waals surface area contributed by atoms with E-state index in [2.05, 4.69) is 9.88 Å². The van der Waals surface area contributed by atoms with Gasteiger partial charge in [0.2, 0.25) is 5.91 Å². The minimum atomic E-state index is -0.222. The zero-order chi connectivity index (χ0) is 12.3. The molecule has 0 unspecified atom stereocenters. The molecule has 1 aliphatic heterocycles. The van der Waals surface area contributed by atoms with E-state index >= 15 is 0 Å². The lowest BCUT2D eigenvalue weighted by Crippen LogP contribution is -2.40. The quantitative estimate of drug-likeness (QED) is 0.741. The van der Waals surface area contributed by atoms with E-state index in [1.165, 1.54) is 0 Å². The van der Waals surface area contributed by atoms with Crippen molar-refractivity contribution in [1.29, 1.82) is 0 Å². The van der Waals surface area contributed by atoms with Crippen LogP contribution in [0.3, 0.4) is 0 Å². The number of aromatic nitrogens is 1. The molecule has 0 atom stereocenters. The highest BCUT2D eigenvalue weighted by molar-refractivity contribution is 5.95. The number of H-pyrrole nitrogens is 1. The lowest BCUT2D eigenvalue weighted by atomic mass is 9.96. The smallest absolute Gasteiger partial charge is 0.220 e. The van der Waals surface area contributed by atoms with Crippen molar-refractivity contribution in [2.24, 2.45) is 11.7 Å². The first kappa shape index (κ1) is 11.9. The Morgan fingerprint density at radius 2 is 2.12 bits per heavy atom. The average molecular weight is 235 g/mol. The SMILES string of the molecule is NC(=O)C1CCN(CC(=O)c2ccc[nH]2)CC1. The number of nitrogens with two attached hydrogens (primary N) is 1. The summed E-state index contributed by atoms with van der Waals surface area (Å²) in [4.78, 5) is 27.8. The lowest BCUT2D eigenvalue weighted by molar-refractivity contribution is -0.123. The van der Waals surface area contributed by atoms with Gasteiger partial charge in [0.1, 0.15) is 0 Å². The van der Waals surface area contributed by atoms with Crippen LogP contribution in [0.2, 0.25) is 0 Å². The van der Waals surface area contributed by atoms with Crippen LogP contribution in [0.4, 0.5) is 0 Å². The summed E-state index contributed by atoms with van der Waals surface area (Å²) in [5.74, 6) is -0.153. The van der Waals surface area contributed by atoms with E-state index in [0.717, 1.165) is 25.9 Å². The molecule has 3 N–H and O–H groups in total. The van der Waals surface area contributed by atoms with E-state index in [4.69, 9.17) is 5.73 Å². The van der Waals surface area contributed by atoms with Crippen molar-refractivity contribution in [3.63, 3.8) is 0 Å². The van der Waals surface area contributed by atoms with Gasteiger partial charge >= 0.3 is 0 Å². The molecule has 1 amide bonds. The number of primary amides is 1. The van der Waals surface area contributed by atoms with Crippen molar-refractivity contribution >= 4 is 11.7 Å². The van der Waals surface area contributed by atoms with E-state index in [1.54, 1.807) is 12.3 Å². The number of piperidine rings is 1. The first-order valence-electron chi connectivity index (χ1n) is 5.85. The molecule has 92 valence electrons. The molecule has 1 aliphatic rings. The third-order valence-electron chi connectivity index (χ3n) is 3.26. The van der Waals surface area contributed by atoms with Crippen molar-refractivity contribution in [1.82, 2.24) is 9.88 Å². The molecule has 0 saturated carbocycles. The van der Waals surface area contributed by atoms with Crippen molar-refractivity contribution in [2.45, 2.75) is 12.8 Å². The molecule has 0 spiro atoms. The Balaban J connectivity index is 1.82. The second-order valence-electron chi connectivity index (χ2n) is 4.46. The van der Waals surface area contributed by atoms with E-state index in [0.29, 0.717) is 12.2 Å². The Labute approximate surface area is 100.0 Å². The molecule has 5 nitrogen and oxygen atoms in total. The van der Waals surface area contributed by atoms with E-state index in [1.807, 2.05) is 6.07 Å². The Kier molecular flexibility index (Phi) is 3.58. The molecule has 17 heavy (non-hydrogen) atoms. The first-order valence-corrected chi connectivity index (χ1v) is 5.85. The fraction of sp³-hybridized carbons (Fsp3) is 0.500. The topological polar surface area (TPSA) is 79.2 Å². The average Bonchev–Trinajstić information content (AvgIpc) is 2.83. The highest BCUT2D eigenvalue weighted by Crippen LogP contribution is 2.16. The molecule has 2 heterocycles. The number of amides is 1. The first-order chi connectivity index (χ1) is 8.16. The molecule has 1 fully saturated rings. The lowest BCUT2D eigenvalue weighted by Gasteiger charge is -2.29. The summed E-state index contributed by atoms with van der Waals surface area (Å²) < 4.78 is 0. The maximum absolute atomic E-state index is 11.8. The van der Waals surface area contributed by atoms with Gasteiger partial charge in [-0.15, -0.1) is 0 Å². The van der Waals surface area contributed by atoms with Crippen LogP contribution in [0.15, 0.2) is 18.3 Å². The number of hydrogen-bond acceptors (Lipinski definition) is 3. The van der Waals surface area contributed by atoms with Crippen molar-refractivity contribution < 1.29 is 9.59 Å². The van der Waals surface area contributed by atoms with Crippen LogP contribution in [-0.2, 0) is 4.79 Å². The summed E-state index contributed by atoms with van der Waals surface area (Å²) in [7, 11) is 0. The van der Waals surface area contributed by atoms with Crippen LogP contribution in [0.25, 0.3) is 0 Å². The maximum atomic E-state index is 11.8. The van der Waals surface area contributed by atoms with Crippen LogP contribution in [0.1, 0.15) is 23.3 Å². The van der Waals surface area contributed by atoms with E-state index < -0.39 is 0 Å². The number of aromatic amines is 1. The zero-order valence-corrected chi connectivity index (χ0v) is 9.69. The second-order valence-corrected chi connectivity index (χ2v) is 4.46. The van der Waals surface area contributed by atoms with Gasteiger partial charge in [-0.3, -0.25) is 14.5 Å². The van der Waals surface area contributed by atoms with Gasteiger partial charge in [0.25, 0.3) is 0 Å². The second kappa shape index (κ2) is 5.14. The fourth-order valence-electron chi connectivity index (χ4n) is 2.17. The Hall–Kier alpha value is -1.62. The Morgan fingerprint density at radius 1 is 1.41 bits per heavy atom. The molecule has 0 bridgehead atoms. The van der Waals surface area contributed by atoms with Crippen LogP contribution >= 0.6 is 0 Å². The Morgan fingerprint density at radius 3 is 2.65 bits per heavy atom. The summed E-state index contributed by atoms with van der Waals surface area (Å²) in [5.41, 5.74) is 5.90. The van der Waals surface area contributed by atoms with Gasteiger partial charge in [-0.05, 0) is 38.1 Å². The predicted molar refractivity (Wildman–Crippen MR) is 63.5 cm³/mol. The molecule has 0 radical (unpaired) electrons. The zero-order valence-electron chi connectivity index (χ0n) is 9.69. The number of Topliss-reactive ketones (excluding diaryl/α,β-unsaturated/α-hetero) is 1. The normalized spacial score (nSPS) is 18.1. The third kappa shape index (κ3) is 2.94. The number of carbonyl (C=O) groups excluding carboxylic acids is 2. The number of carbonyl (C=O) groups is 2. The fourth-order valence-corrected chi connectivity index (χ4v) is 2.17. The van der Waals surface area contributed by atoms with E-state index in [-0.39, 0.29) is 17.6 Å². The summed E-state index contributed by atoms with van der Waals surface area (Å²) in [6.45, 7) is 1.94. The number of rotatable bonds is 4. The van der Waals surface area contributed by atoms with Crippen molar-refractivity contribution in [3.05, 3.63) is 24.0 Å². The van der Waals surface area contributed by atoms with Gasteiger partial charge < -0.3 is 10.7 Å². The number of nitrogens with one attached hydrogen (secondary N) is 1. The molecule has 0 aromatic carbocycles. The Bertz CT molecular complexity index is 392. The molecule has 1 aromatic rings. The molecule has 1 saturated heterocycles. The molecular formula is C12H17N3O2. The highest BCUT2D eigenvalue weighted by Gasteiger charge is 2.24. The summed E-state index contributed by atoms with van der Waals surface area (Å²) in [6, 6.07) is 3.59. The molecular weight excluding hydrogens is 218 g/mol. The van der Waals surface area contributed by atoms with Crippen LogP contribution in [0.5, 0.6) is 0 Å². The van der Waals surface area contributed by atoms with Crippen LogP contribution < -0.4 is 5.73 Å². The molecule has 5 heteroatoms. The number of likely N-dealkylation sites (tertiary alicyclic amines) is 1. The standard InChI is InChI=1S/C12H17N3O2/c13-12(17)9-3-6-15(7-4-9)8-11(16)10-2-1-5-14-10/h1-2,5,9,14H,3-4,6-8H2,(H2,13,17). The summed E-state index contributed by atoms with van der Waals surface area (Å²) in [6.07, 6.45) is 3.26. The van der Waals surface area contributed by atoms with Crippen molar-refractivity contribution in [2.75, 3.05) is 19.6 Å². The van der Waals surface area contributed by atoms with Crippen LogP contribution in [0, 0.1) is 5.92 Å². The highest BCUT2D eigenvalue weighted by atomic mass is 16.1. The third-order valence-corrected chi connectivity index (χ3v) is 3.26. The number of ketones is 1. The van der Waals surface area contributed by atoms with Gasteiger partial charge in [-0.25, -0.2) is 0 Å². The van der Waals surface area contributed by atoms with Crippen molar-refractivity contribution in [3.8, 4) is 0 Å². The van der Waals surface area contributed by atoms with Gasteiger partial charge in [0.05, 0.1) is 12.2 Å². The number of nitrogens with zero attached hydrogens (tertiary/aromatic N) is 1. The molecule has 2 rings (SSSR count). The van der Waals surface area contributed by atoms with Gasteiger partial charge in [0.15, 0.2) is 5.78 Å². The minimum absolute atomic E-state index is 0.0214. The number of hydrogen-bond donors (Lipinski definition) is 2. The molecule has 0 aliphatic carbocycles. The predicted octanol–water partition coefficient (Wildman–Crippen LogP) is 0.395. The van der Waals surface area contributed by atoms with Crippen LogP contribution in [-0.4, -0.2) is 41.2 Å². The van der Waals surface area contributed by atoms with Gasteiger partial charge in [0, 0.05) is 12.1 Å². The summed E-state index contributed by atoms with van der Waals surface area (Å²) >= 11 is 0. The van der Waals surface area contributed by atoms with Gasteiger partial charge in [-0.2, -0.15) is 0 Å². The van der Waals surface area contributed by atoms with Gasteiger partial charge in [-0.1, -0.05) is 0 Å². The maximum Gasteiger partial charge on any atom is 0.220 e. The largest absolute Gasteiger partial charge is 0.369 e. The summed E-state index contributed by atoms with van der Waals surface area (Å²) in [5, 5.41) is 0.